The second-order valence-corrected chi connectivity index (χ2v) is 7.19. The van der Waals surface area contributed by atoms with E-state index in [2.05, 4.69) is 57.9 Å². The zero-order valence-electron chi connectivity index (χ0n) is 16.4. The lowest BCUT2D eigenvalue weighted by Gasteiger charge is -2.24. The van der Waals surface area contributed by atoms with E-state index in [1.54, 1.807) is 12.5 Å². The van der Waals surface area contributed by atoms with Crippen LogP contribution in [0.4, 0.5) is 0 Å². The van der Waals surface area contributed by atoms with Gasteiger partial charge in [-0.05, 0) is 76.2 Å². The molecule has 1 aliphatic carbocycles. The molecule has 1 unspecified atom stereocenters. The summed E-state index contributed by atoms with van der Waals surface area (Å²) in [7, 11) is 0. The van der Waals surface area contributed by atoms with E-state index in [1.165, 1.54) is 45.5 Å². The first-order valence-electron chi connectivity index (χ1n) is 10.1. The standard InChI is InChI=1S/C18H17N.C4H5N.C4H4O/c19-18-7-3-6-14-16-9-8-12-4-1-2-5-13(12)15(16)10-11-17(14)18;2*1-2-4-5-3-1/h1-2,4-5,8-11,18H,3,6-7,19H2;1-5H;1-4H. The van der Waals surface area contributed by atoms with E-state index in [1.807, 2.05) is 36.7 Å². The van der Waals surface area contributed by atoms with Gasteiger partial charge >= 0.3 is 0 Å². The Kier molecular flexibility index (Phi) is 6.08. The lowest BCUT2D eigenvalue weighted by Crippen LogP contribution is -2.17. The summed E-state index contributed by atoms with van der Waals surface area (Å²) >= 11 is 0. The molecule has 29 heavy (non-hydrogen) atoms. The van der Waals surface area contributed by atoms with E-state index >= 15 is 0 Å². The van der Waals surface area contributed by atoms with E-state index in [-0.39, 0.29) is 6.04 Å². The first-order valence-corrected chi connectivity index (χ1v) is 10.1. The second kappa shape index (κ2) is 9.26. The van der Waals surface area contributed by atoms with Crippen LogP contribution >= 0.6 is 0 Å². The van der Waals surface area contributed by atoms with Crippen LogP contribution in [0.15, 0.2) is 102 Å². The lowest BCUT2D eigenvalue weighted by molar-refractivity contribution is 0.567. The van der Waals surface area contributed by atoms with Crippen molar-refractivity contribution >= 4 is 21.5 Å². The summed E-state index contributed by atoms with van der Waals surface area (Å²) in [4.78, 5) is 2.86. The van der Waals surface area contributed by atoms with Crippen LogP contribution in [0.5, 0.6) is 0 Å². The van der Waals surface area contributed by atoms with Crippen molar-refractivity contribution in [1.82, 2.24) is 4.98 Å². The molecule has 0 saturated carbocycles. The van der Waals surface area contributed by atoms with Gasteiger partial charge in [0, 0.05) is 18.4 Å². The number of hydrogen-bond donors (Lipinski definition) is 2. The number of H-pyrrole nitrogens is 1. The molecule has 3 N–H and O–H groups in total. The summed E-state index contributed by atoms with van der Waals surface area (Å²) in [5, 5.41) is 5.43. The molecule has 1 atom stereocenters. The second-order valence-electron chi connectivity index (χ2n) is 7.19. The third kappa shape index (κ3) is 4.41. The van der Waals surface area contributed by atoms with Crippen LogP contribution in [0.3, 0.4) is 0 Å². The molecule has 3 heteroatoms. The number of hydrogen-bond acceptors (Lipinski definition) is 2. The fourth-order valence-corrected chi connectivity index (χ4v) is 3.95. The minimum atomic E-state index is 0.222. The third-order valence-corrected chi connectivity index (χ3v) is 5.34. The summed E-state index contributed by atoms with van der Waals surface area (Å²) in [5.41, 5.74) is 9.08. The van der Waals surface area contributed by atoms with Crippen LogP contribution in [0, 0.1) is 0 Å². The van der Waals surface area contributed by atoms with E-state index in [0.29, 0.717) is 0 Å². The molecule has 0 spiro atoms. The van der Waals surface area contributed by atoms with Crippen LogP contribution in [0.1, 0.15) is 30.0 Å². The monoisotopic (exact) mass is 382 g/mol. The molecule has 0 amide bonds. The highest BCUT2D eigenvalue weighted by atomic mass is 16.3. The molecule has 5 aromatic rings. The van der Waals surface area contributed by atoms with Gasteiger partial charge in [-0.1, -0.05) is 48.5 Å². The van der Waals surface area contributed by atoms with Crippen molar-refractivity contribution in [2.45, 2.75) is 25.3 Å². The summed E-state index contributed by atoms with van der Waals surface area (Å²) in [6.07, 6.45) is 10.5. The number of fused-ring (bicyclic) bond motifs is 5. The van der Waals surface area contributed by atoms with Gasteiger partial charge in [0.05, 0.1) is 12.5 Å². The topological polar surface area (TPSA) is 55.0 Å². The van der Waals surface area contributed by atoms with Crippen molar-refractivity contribution in [3.8, 4) is 0 Å². The van der Waals surface area contributed by atoms with Crippen molar-refractivity contribution in [1.29, 1.82) is 0 Å². The Morgan fingerprint density at radius 2 is 1.52 bits per heavy atom. The molecular formula is C26H26N2O. The number of benzene rings is 3. The average molecular weight is 383 g/mol. The lowest BCUT2D eigenvalue weighted by atomic mass is 9.84. The third-order valence-electron chi connectivity index (χ3n) is 5.34. The van der Waals surface area contributed by atoms with Gasteiger partial charge in [0.15, 0.2) is 0 Å². The largest absolute Gasteiger partial charge is 0.473 e. The van der Waals surface area contributed by atoms with Gasteiger partial charge in [0.2, 0.25) is 0 Å². The fourth-order valence-electron chi connectivity index (χ4n) is 3.95. The van der Waals surface area contributed by atoms with E-state index in [4.69, 9.17) is 5.73 Å². The first-order chi connectivity index (χ1) is 14.3. The van der Waals surface area contributed by atoms with Crippen molar-refractivity contribution in [3.05, 3.63) is 109 Å². The van der Waals surface area contributed by atoms with E-state index in [0.717, 1.165) is 6.42 Å². The molecule has 3 aromatic carbocycles. The summed E-state index contributed by atoms with van der Waals surface area (Å²) in [6, 6.07) is 25.4. The number of rotatable bonds is 0. The van der Waals surface area contributed by atoms with Gasteiger partial charge in [-0.25, -0.2) is 0 Å². The molecule has 0 saturated heterocycles. The maximum atomic E-state index is 6.25. The SMILES string of the molecule is NC1CCCc2c1ccc1c2ccc2ccccc21.c1cc[nH]c1.c1ccoc1. The number of furan rings is 1. The van der Waals surface area contributed by atoms with Crippen molar-refractivity contribution in [2.75, 3.05) is 0 Å². The number of nitrogens with two attached hydrogens (primary N) is 1. The van der Waals surface area contributed by atoms with Crippen LogP contribution in [-0.2, 0) is 6.42 Å². The Labute approximate surface area is 171 Å². The molecule has 2 aromatic heterocycles. The minimum absolute atomic E-state index is 0.222. The number of aromatic amines is 1. The zero-order chi connectivity index (χ0) is 19.9. The Morgan fingerprint density at radius 3 is 2.21 bits per heavy atom. The van der Waals surface area contributed by atoms with Gasteiger partial charge < -0.3 is 15.1 Å². The summed E-state index contributed by atoms with van der Waals surface area (Å²) in [5.74, 6) is 0. The van der Waals surface area contributed by atoms with Gasteiger partial charge in [-0.15, -0.1) is 0 Å². The number of nitrogens with one attached hydrogen (secondary N) is 1. The summed E-state index contributed by atoms with van der Waals surface area (Å²) in [6.45, 7) is 0. The first kappa shape index (κ1) is 19.0. The Hall–Kier alpha value is -3.30. The highest BCUT2D eigenvalue weighted by Gasteiger charge is 2.18. The highest BCUT2D eigenvalue weighted by molar-refractivity contribution is 6.08. The molecule has 146 valence electrons. The molecule has 0 fully saturated rings. The van der Waals surface area contributed by atoms with Crippen LogP contribution in [0.25, 0.3) is 21.5 Å². The van der Waals surface area contributed by atoms with Crippen LogP contribution in [0.2, 0.25) is 0 Å². The predicted octanol–water partition coefficient (Wildman–Crippen LogP) is 6.62. The number of aromatic nitrogens is 1. The fraction of sp³-hybridized carbons (Fsp3) is 0.154. The van der Waals surface area contributed by atoms with E-state index in [9.17, 15) is 0 Å². The van der Waals surface area contributed by atoms with Gasteiger partial charge in [-0.3, -0.25) is 0 Å². The predicted molar refractivity (Wildman–Crippen MR) is 121 cm³/mol. The molecule has 2 heterocycles. The smallest absolute Gasteiger partial charge is 0.0902 e. The molecule has 0 aliphatic heterocycles. The van der Waals surface area contributed by atoms with Gasteiger partial charge in [0.1, 0.15) is 0 Å². The summed E-state index contributed by atoms with van der Waals surface area (Å²) < 4.78 is 4.58. The molecule has 3 nitrogen and oxygen atoms in total. The Balaban J connectivity index is 0.000000167. The quantitative estimate of drug-likeness (QED) is 0.296. The van der Waals surface area contributed by atoms with Crippen LogP contribution in [-0.4, -0.2) is 4.98 Å². The molecule has 1 aliphatic rings. The average Bonchev–Trinajstić information content (AvgIpc) is 3.53. The maximum Gasteiger partial charge on any atom is 0.0902 e. The van der Waals surface area contributed by atoms with E-state index < -0.39 is 0 Å². The molecule has 0 radical (unpaired) electrons. The molecule has 0 bridgehead atoms. The van der Waals surface area contributed by atoms with Crippen molar-refractivity contribution in [2.24, 2.45) is 5.73 Å². The van der Waals surface area contributed by atoms with Crippen molar-refractivity contribution in [3.63, 3.8) is 0 Å². The molecular weight excluding hydrogens is 356 g/mol. The maximum absolute atomic E-state index is 6.25. The highest BCUT2D eigenvalue weighted by Crippen LogP contribution is 2.36. The van der Waals surface area contributed by atoms with Crippen LogP contribution < -0.4 is 5.73 Å². The van der Waals surface area contributed by atoms with Gasteiger partial charge in [-0.2, -0.15) is 0 Å². The molecule has 6 rings (SSSR count). The van der Waals surface area contributed by atoms with Crippen molar-refractivity contribution < 1.29 is 4.42 Å². The number of aryl methyl sites for hydroxylation is 1. The Bertz CT molecular complexity index is 1080. The van der Waals surface area contributed by atoms with Gasteiger partial charge in [0.25, 0.3) is 0 Å². The normalized spacial score (nSPS) is 15.0. The zero-order valence-corrected chi connectivity index (χ0v) is 16.4. The minimum Gasteiger partial charge on any atom is -0.473 e. The Morgan fingerprint density at radius 1 is 0.759 bits per heavy atom.